The van der Waals surface area contributed by atoms with Crippen molar-refractivity contribution < 1.29 is 14.7 Å². The highest BCUT2D eigenvalue weighted by atomic mass is 16.4. The molecule has 0 aromatic carbocycles. The summed E-state index contributed by atoms with van der Waals surface area (Å²) in [5.74, 6) is -0.793. The lowest BCUT2D eigenvalue weighted by molar-refractivity contribution is -0.151. The third kappa shape index (κ3) is 2.07. The quantitative estimate of drug-likeness (QED) is 0.772. The van der Waals surface area contributed by atoms with Crippen LogP contribution < -0.4 is 0 Å². The van der Waals surface area contributed by atoms with Crippen molar-refractivity contribution in [3.05, 3.63) is 12.2 Å². The third-order valence-electron chi connectivity index (χ3n) is 5.00. The van der Waals surface area contributed by atoms with Crippen molar-refractivity contribution in [1.29, 1.82) is 0 Å². The third-order valence-corrected chi connectivity index (χ3v) is 5.00. The van der Waals surface area contributed by atoms with Crippen LogP contribution >= 0.6 is 0 Å². The lowest BCUT2D eigenvalue weighted by Gasteiger charge is -2.35. The van der Waals surface area contributed by atoms with E-state index in [0.717, 1.165) is 25.9 Å². The number of aliphatic carboxylic acids is 1. The lowest BCUT2D eigenvalue weighted by Crippen LogP contribution is -2.46. The molecule has 1 saturated heterocycles. The summed E-state index contributed by atoms with van der Waals surface area (Å²) >= 11 is 0. The van der Waals surface area contributed by atoms with E-state index in [-0.39, 0.29) is 23.7 Å². The van der Waals surface area contributed by atoms with Crippen LogP contribution in [0, 0.1) is 29.6 Å². The fraction of sp³-hybridized carbons (Fsp3) is 0.733. The highest BCUT2D eigenvalue weighted by Crippen LogP contribution is 2.49. The molecule has 4 heteroatoms. The molecule has 1 aliphatic heterocycles. The fourth-order valence-corrected chi connectivity index (χ4v) is 4.10. The molecule has 0 spiro atoms. The number of likely N-dealkylation sites (tertiary alicyclic amines) is 1. The van der Waals surface area contributed by atoms with Crippen molar-refractivity contribution in [2.75, 3.05) is 13.1 Å². The van der Waals surface area contributed by atoms with Gasteiger partial charge in [0, 0.05) is 13.1 Å². The van der Waals surface area contributed by atoms with E-state index in [1.54, 1.807) is 0 Å². The normalized spacial score (nSPS) is 40.7. The summed E-state index contributed by atoms with van der Waals surface area (Å²) in [6, 6.07) is 0. The van der Waals surface area contributed by atoms with Crippen LogP contribution in [0.15, 0.2) is 12.2 Å². The molecule has 0 aromatic rings. The Morgan fingerprint density at radius 2 is 1.89 bits per heavy atom. The first-order valence-corrected chi connectivity index (χ1v) is 7.28. The van der Waals surface area contributed by atoms with Gasteiger partial charge in [-0.1, -0.05) is 19.1 Å². The zero-order chi connectivity index (χ0) is 13.6. The Balaban J connectivity index is 1.78. The molecule has 5 atom stereocenters. The Hall–Kier alpha value is -1.32. The van der Waals surface area contributed by atoms with E-state index in [4.69, 9.17) is 0 Å². The second kappa shape index (κ2) is 4.66. The number of piperidine rings is 1. The van der Waals surface area contributed by atoms with Gasteiger partial charge in [-0.05, 0) is 37.0 Å². The second-order valence-corrected chi connectivity index (χ2v) is 6.37. The molecule has 104 valence electrons. The first-order valence-electron chi connectivity index (χ1n) is 7.28. The molecular formula is C15H21NO3. The van der Waals surface area contributed by atoms with E-state index in [2.05, 4.69) is 13.0 Å². The van der Waals surface area contributed by atoms with Gasteiger partial charge in [0.2, 0.25) is 5.91 Å². The van der Waals surface area contributed by atoms with Crippen LogP contribution in [-0.4, -0.2) is 35.0 Å². The first kappa shape index (κ1) is 12.7. The van der Waals surface area contributed by atoms with Crippen molar-refractivity contribution in [3.8, 4) is 0 Å². The maximum atomic E-state index is 12.7. The van der Waals surface area contributed by atoms with Gasteiger partial charge in [0.25, 0.3) is 0 Å². The molecule has 3 rings (SSSR count). The minimum Gasteiger partial charge on any atom is -0.481 e. The van der Waals surface area contributed by atoms with Crippen LogP contribution in [0.2, 0.25) is 0 Å². The first-order chi connectivity index (χ1) is 9.08. The smallest absolute Gasteiger partial charge is 0.307 e. The van der Waals surface area contributed by atoms with E-state index in [0.29, 0.717) is 5.92 Å². The number of carbonyl (C=O) groups is 2. The molecule has 1 N–H and O–H groups in total. The standard InChI is InChI=1S/C15H21NO3/c1-9-3-2-6-16(8-9)14(17)12-10-4-5-11(7-10)13(12)15(18)19/h4-5,9-13H,2-3,6-8H2,1H3,(H,18,19)/t9?,10?,11?,12-,13+/m0/s1. The topological polar surface area (TPSA) is 57.6 Å². The van der Waals surface area contributed by atoms with Crippen molar-refractivity contribution >= 4 is 11.9 Å². The molecule has 19 heavy (non-hydrogen) atoms. The monoisotopic (exact) mass is 263 g/mol. The minimum atomic E-state index is -0.805. The average molecular weight is 263 g/mol. The maximum Gasteiger partial charge on any atom is 0.307 e. The van der Waals surface area contributed by atoms with E-state index >= 15 is 0 Å². The van der Waals surface area contributed by atoms with Gasteiger partial charge in [-0.25, -0.2) is 0 Å². The number of amides is 1. The van der Waals surface area contributed by atoms with Crippen molar-refractivity contribution in [3.63, 3.8) is 0 Å². The predicted molar refractivity (Wildman–Crippen MR) is 70.3 cm³/mol. The molecule has 3 unspecified atom stereocenters. The summed E-state index contributed by atoms with van der Waals surface area (Å²) in [4.78, 5) is 26.0. The summed E-state index contributed by atoms with van der Waals surface area (Å²) in [6.45, 7) is 3.75. The number of hydrogen-bond acceptors (Lipinski definition) is 2. The number of rotatable bonds is 2. The van der Waals surface area contributed by atoms with Gasteiger partial charge in [-0.2, -0.15) is 0 Å². The summed E-state index contributed by atoms with van der Waals surface area (Å²) in [5.41, 5.74) is 0. The summed E-state index contributed by atoms with van der Waals surface area (Å²) in [5, 5.41) is 9.40. The fourth-order valence-electron chi connectivity index (χ4n) is 4.10. The van der Waals surface area contributed by atoms with Crippen LogP contribution in [0.3, 0.4) is 0 Å². The van der Waals surface area contributed by atoms with Gasteiger partial charge in [-0.3, -0.25) is 9.59 Å². The molecule has 2 bridgehead atoms. The molecule has 0 aromatic heterocycles. The van der Waals surface area contributed by atoms with Gasteiger partial charge in [-0.15, -0.1) is 0 Å². The number of fused-ring (bicyclic) bond motifs is 2. The van der Waals surface area contributed by atoms with Gasteiger partial charge < -0.3 is 10.0 Å². The largest absolute Gasteiger partial charge is 0.481 e. The highest BCUT2D eigenvalue weighted by Gasteiger charge is 2.52. The van der Waals surface area contributed by atoms with Crippen LogP contribution in [0.5, 0.6) is 0 Å². The Kier molecular flexibility index (Phi) is 3.11. The van der Waals surface area contributed by atoms with Crippen LogP contribution in [0.25, 0.3) is 0 Å². The van der Waals surface area contributed by atoms with Crippen LogP contribution in [-0.2, 0) is 9.59 Å². The predicted octanol–water partition coefficient (Wildman–Crippen LogP) is 1.77. The van der Waals surface area contributed by atoms with Crippen LogP contribution in [0.1, 0.15) is 26.2 Å². The number of carboxylic acid groups (broad SMARTS) is 1. The van der Waals surface area contributed by atoms with Gasteiger partial charge in [0.1, 0.15) is 0 Å². The molecule has 1 amide bonds. The number of hydrogen-bond donors (Lipinski definition) is 1. The van der Waals surface area contributed by atoms with E-state index < -0.39 is 11.9 Å². The van der Waals surface area contributed by atoms with Crippen molar-refractivity contribution in [1.82, 2.24) is 4.90 Å². The van der Waals surface area contributed by atoms with E-state index in [9.17, 15) is 14.7 Å². The average Bonchev–Trinajstić information content (AvgIpc) is 2.97. The number of allylic oxidation sites excluding steroid dienone is 2. The zero-order valence-electron chi connectivity index (χ0n) is 11.3. The van der Waals surface area contributed by atoms with Crippen molar-refractivity contribution in [2.45, 2.75) is 26.2 Å². The number of carbonyl (C=O) groups excluding carboxylic acids is 1. The Morgan fingerprint density at radius 3 is 2.53 bits per heavy atom. The summed E-state index contributed by atoms with van der Waals surface area (Å²) in [7, 11) is 0. The summed E-state index contributed by atoms with van der Waals surface area (Å²) in [6.07, 6.45) is 7.10. The SMILES string of the molecule is CC1CCCN(C(=O)[C@H]2C3C=CC(C3)[C@H]2C(=O)O)C1. The highest BCUT2D eigenvalue weighted by molar-refractivity contribution is 5.87. The molecule has 4 nitrogen and oxygen atoms in total. The van der Waals surface area contributed by atoms with E-state index in [1.807, 2.05) is 11.0 Å². The molecular weight excluding hydrogens is 242 g/mol. The molecule has 1 saturated carbocycles. The van der Waals surface area contributed by atoms with Gasteiger partial charge >= 0.3 is 5.97 Å². The number of nitrogens with zero attached hydrogens (tertiary/aromatic N) is 1. The molecule has 3 aliphatic rings. The zero-order valence-corrected chi connectivity index (χ0v) is 11.3. The number of carboxylic acids is 1. The maximum absolute atomic E-state index is 12.7. The Bertz CT molecular complexity index is 431. The Labute approximate surface area is 113 Å². The lowest BCUT2D eigenvalue weighted by atomic mass is 9.81. The van der Waals surface area contributed by atoms with Crippen molar-refractivity contribution in [2.24, 2.45) is 29.6 Å². The minimum absolute atomic E-state index is 0.0682. The molecule has 2 fully saturated rings. The Morgan fingerprint density at radius 1 is 1.21 bits per heavy atom. The van der Waals surface area contributed by atoms with E-state index in [1.165, 1.54) is 6.42 Å². The second-order valence-electron chi connectivity index (χ2n) is 6.37. The van der Waals surface area contributed by atoms with Gasteiger partial charge in [0.05, 0.1) is 11.8 Å². The molecule has 1 heterocycles. The van der Waals surface area contributed by atoms with Crippen LogP contribution in [0.4, 0.5) is 0 Å². The molecule has 2 aliphatic carbocycles. The van der Waals surface area contributed by atoms with Gasteiger partial charge in [0.15, 0.2) is 0 Å². The molecule has 0 radical (unpaired) electrons. The summed E-state index contributed by atoms with van der Waals surface area (Å²) < 4.78 is 0.